The number of ether oxygens (including phenoxy) is 3. The summed E-state index contributed by atoms with van der Waals surface area (Å²) in [6.45, 7) is 5.90. The van der Waals surface area contributed by atoms with Crippen LogP contribution >= 0.6 is 0 Å². The van der Waals surface area contributed by atoms with Gasteiger partial charge in [-0.25, -0.2) is 9.59 Å². The fraction of sp³-hybridized carbons (Fsp3) is 0.522. The zero-order chi connectivity index (χ0) is 24.0. The Hall–Kier alpha value is -3.27. The number of piperidine rings is 1. The van der Waals surface area contributed by atoms with Crippen molar-refractivity contribution in [2.24, 2.45) is 11.7 Å². The number of rotatable bonds is 9. The maximum Gasteiger partial charge on any atom is 0.338 e. The summed E-state index contributed by atoms with van der Waals surface area (Å²) in [6, 6.07) is 4.15. The molecule has 1 atom stereocenters. The third-order valence-electron chi connectivity index (χ3n) is 5.84. The summed E-state index contributed by atoms with van der Waals surface area (Å²) in [6.07, 6.45) is 1.28. The van der Waals surface area contributed by atoms with Crippen LogP contribution in [0.5, 0.6) is 11.5 Å². The van der Waals surface area contributed by atoms with Crippen molar-refractivity contribution < 1.29 is 28.6 Å². The van der Waals surface area contributed by atoms with Crippen LogP contribution in [0.3, 0.4) is 0 Å². The van der Waals surface area contributed by atoms with Gasteiger partial charge < -0.3 is 30.6 Å². The molecule has 2 aliphatic heterocycles. The molecule has 33 heavy (non-hydrogen) atoms. The normalized spacial score (nSPS) is 19.5. The molecule has 0 saturated carbocycles. The molecule has 0 radical (unpaired) electrons. The molecule has 4 N–H and O–H groups in total. The number of urea groups is 1. The molecule has 1 saturated heterocycles. The standard InChI is InChI=1S/C23H32N4O6/c1-4-32-17-7-6-15(12-18(17)31-3)20-19(22(29)33-5-2)16(25-23(30)26-20)13-27-10-8-14(9-11-27)21(24)28/h6-7,12,14,20H,4-5,8-11,13H2,1-3H3,(H2,24,28)(H2,25,26,30). The Morgan fingerprint density at radius 2 is 1.88 bits per heavy atom. The van der Waals surface area contributed by atoms with Crippen molar-refractivity contribution in [2.45, 2.75) is 32.7 Å². The number of esters is 1. The molecule has 10 heteroatoms. The van der Waals surface area contributed by atoms with Gasteiger partial charge in [-0.15, -0.1) is 0 Å². The van der Waals surface area contributed by atoms with Crippen LogP contribution in [0.2, 0.25) is 0 Å². The summed E-state index contributed by atoms with van der Waals surface area (Å²) in [4.78, 5) is 39.1. The highest BCUT2D eigenvalue weighted by Crippen LogP contribution is 2.35. The third-order valence-corrected chi connectivity index (χ3v) is 5.84. The monoisotopic (exact) mass is 460 g/mol. The molecule has 0 spiro atoms. The lowest BCUT2D eigenvalue weighted by molar-refractivity contribution is -0.139. The summed E-state index contributed by atoms with van der Waals surface area (Å²) < 4.78 is 16.4. The Kier molecular flexibility index (Phi) is 8.16. The lowest BCUT2D eigenvalue weighted by Gasteiger charge is -2.35. The van der Waals surface area contributed by atoms with Gasteiger partial charge in [0.05, 0.1) is 31.9 Å². The van der Waals surface area contributed by atoms with Crippen LogP contribution in [-0.4, -0.2) is 62.8 Å². The summed E-state index contributed by atoms with van der Waals surface area (Å²) in [5, 5.41) is 5.62. The second-order valence-corrected chi connectivity index (χ2v) is 7.94. The first-order valence-corrected chi connectivity index (χ1v) is 11.2. The first-order chi connectivity index (χ1) is 15.9. The maximum atomic E-state index is 13.0. The van der Waals surface area contributed by atoms with Gasteiger partial charge in [-0.1, -0.05) is 6.07 Å². The van der Waals surface area contributed by atoms with Crippen LogP contribution in [0, 0.1) is 5.92 Å². The first kappa shape index (κ1) is 24.4. The van der Waals surface area contributed by atoms with Crippen molar-refractivity contribution in [3.63, 3.8) is 0 Å². The predicted molar refractivity (Wildman–Crippen MR) is 121 cm³/mol. The summed E-state index contributed by atoms with van der Waals surface area (Å²) in [7, 11) is 1.53. The van der Waals surface area contributed by atoms with Crippen LogP contribution < -0.4 is 25.8 Å². The van der Waals surface area contributed by atoms with Crippen molar-refractivity contribution in [2.75, 3.05) is 40.0 Å². The summed E-state index contributed by atoms with van der Waals surface area (Å²) >= 11 is 0. The molecule has 1 fully saturated rings. The van der Waals surface area contributed by atoms with Crippen molar-refractivity contribution in [1.82, 2.24) is 15.5 Å². The largest absolute Gasteiger partial charge is 0.493 e. The van der Waals surface area contributed by atoms with Gasteiger partial charge in [0.1, 0.15) is 0 Å². The molecule has 10 nitrogen and oxygen atoms in total. The van der Waals surface area contributed by atoms with E-state index < -0.39 is 18.0 Å². The van der Waals surface area contributed by atoms with Crippen molar-refractivity contribution in [1.29, 1.82) is 0 Å². The number of carbonyl (C=O) groups excluding carboxylic acids is 3. The minimum atomic E-state index is -0.722. The number of primary amides is 1. The van der Waals surface area contributed by atoms with E-state index in [1.165, 1.54) is 7.11 Å². The molecular formula is C23H32N4O6. The number of carbonyl (C=O) groups is 3. The predicted octanol–water partition coefficient (Wildman–Crippen LogP) is 1.46. The Morgan fingerprint density at radius 3 is 2.48 bits per heavy atom. The molecule has 2 aliphatic rings. The van der Waals surface area contributed by atoms with Gasteiger partial charge >= 0.3 is 12.0 Å². The lowest BCUT2D eigenvalue weighted by Crippen LogP contribution is -2.49. The van der Waals surface area contributed by atoms with Gasteiger partial charge in [-0.05, 0) is 57.5 Å². The molecule has 0 aromatic heterocycles. The Bertz CT molecular complexity index is 924. The number of hydrogen-bond donors (Lipinski definition) is 3. The Morgan fingerprint density at radius 1 is 1.15 bits per heavy atom. The van der Waals surface area contributed by atoms with E-state index in [-0.39, 0.29) is 18.4 Å². The van der Waals surface area contributed by atoms with Gasteiger partial charge in [-0.3, -0.25) is 9.69 Å². The molecule has 180 valence electrons. The Balaban J connectivity index is 1.94. The number of nitrogens with two attached hydrogens (primary N) is 1. The van der Waals surface area contributed by atoms with E-state index in [4.69, 9.17) is 19.9 Å². The van der Waals surface area contributed by atoms with Crippen molar-refractivity contribution in [3.05, 3.63) is 35.0 Å². The van der Waals surface area contributed by atoms with Gasteiger partial charge in [-0.2, -0.15) is 0 Å². The minimum absolute atomic E-state index is 0.147. The lowest BCUT2D eigenvalue weighted by atomic mass is 9.93. The zero-order valence-corrected chi connectivity index (χ0v) is 19.3. The smallest absolute Gasteiger partial charge is 0.338 e. The van der Waals surface area contributed by atoms with E-state index in [0.29, 0.717) is 67.4 Å². The van der Waals surface area contributed by atoms with Gasteiger partial charge in [0.15, 0.2) is 11.5 Å². The Labute approximate surface area is 193 Å². The number of nitrogens with zero attached hydrogens (tertiary/aromatic N) is 1. The highest BCUT2D eigenvalue weighted by atomic mass is 16.5. The number of hydrogen-bond acceptors (Lipinski definition) is 7. The van der Waals surface area contributed by atoms with E-state index >= 15 is 0 Å². The molecule has 2 heterocycles. The van der Waals surface area contributed by atoms with Crippen LogP contribution in [0.4, 0.5) is 4.79 Å². The van der Waals surface area contributed by atoms with Crippen LogP contribution in [0.15, 0.2) is 29.5 Å². The average Bonchev–Trinajstić information content (AvgIpc) is 2.79. The first-order valence-electron chi connectivity index (χ1n) is 11.2. The third kappa shape index (κ3) is 5.75. The molecule has 0 bridgehead atoms. The molecule has 1 aromatic carbocycles. The number of benzene rings is 1. The second-order valence-electron chi connectivity index (χ2n) is 7.94. The van der Waals surface area contributed by atoms with E-state index in [1.807, 2.05) is 6.92 Å². The fourth-order valence-electron chi connectivity index (χ4n) is 4.18. The zero-order valence-electron chi connectivity index (χ0n) is 19.3. The number of nitrogens with one attached hydrogen (secondary N) is 2. The quantitative estimate of drug-likeness (QED) is 0.475. The molecule has 1 aromatic rings. The molecular weight excluding hydrogens is 428 g/mol. The maximum absolute atomic E-state index is 13.0. The highest BCUT2D eigenvalue weighted by molar-refractivity contribution is 5.95. The van der Waals surface area contributed by atoms with Gasteiger partial charge in [0.25, 0.3) is 0 Å². The highest BCUT2D eigenvalue weighted by Gasteiger charge is 2.35. The number of likely N-dealkylation sites (tertiary alicyclic amines) is 1. The van der Waals surface area contributed by atoms with E-state index in [2.05, 4.69) is 15.5 Å². The van der Waals surface area contributed by atoms with Crippen molar-refractivity contribution >= 4 is 17.9 Å². The van der Waals surface area contributed by atoms with Crippen LogP contribution in [0.1, 0.15) is 38.3 Å². The average molecular weight is 461 g/mol. The fourth-order valence-corrected chi connectivity index (χ4v) is 4.18. The van der Waals surface area contributed by atoms with E-state index in [9.17, 15) is 14.4 Å². The van der Waals surface area contributed by atoms with Crippen LogP contribution in [0.25, 0.3) is 0 Å². The second kappa shape index (κ2) is 11.0. The number of amides is 3. The van der Waals surface area contributed by atoms with Gasteiger partial charge in [0, 0.05) is 18.2 Å². The van der Waals surface area contributed by atoms with E-state index in [0.717, 1.165) is 0 Å². The van der Waals surface area contributed by atoms with E-state index in [1.54, 1.807) is 25.1 Å². The molecule has 3 amide bonds. The topological polar surface area (TPSA) is 132 Å². The van der Waals surface area contributed by atoms with Crippen molar-refractivity contribution in [3.8, 4) is 11.5 Å². The van der Waals surface area contributed by atoms with Gasteiger partial charge in [0.2, 0.25) is 5.91 Å². The SMILES string of the molecule is CCOC(=O)C1=C(CN2CCC(C(N)=O)CC2)NC(=O)NC1c1ccc(OCC)c(OC)c1. The minimum Gasteiger partial charge on any atom is -0.493 e. The molecule has 1 unspecified atom stereocenters. The van der Waals surface area contributed by atoms with Crippen LogP contribution in [-0.2, 0) is 14.3 Å². The number of methoxy groups -OCH3 is 1. The summed E-state index contributed by atoms with van der Waals surface area (Å²) in [5.74, 6) is 0.126. The summed E-state index contributed by atoms with van der Waals surface area (Å²) in [5.41, 5.74) is 6.91. The molecule has 3 rings (SSSR count). The molecule has 0 aliphatic carbocycles.